The fraction of sp³-hybridized carbons (Fsp3) is 0.632. The minimum Gasteiger partial charge on any atom is -0.507 e. The number of thioether (sulfide) groups is 1. The molecule has 2 atom stereocenters. The van der Waals surface area contributed by atoms with Crippen LogP contribution in [0.3, 0.4) is 0 Å². The lowest BCUT2D eigenvalue weighted by atomic mass is 9.77. The van der Waals surface area contributed by atoms with Crippen LogP contribution in [0.15, 0.2) is 24.3 Å². The number of hydrogen-bond donors (Lipinski definition) is 4. The maximum Gasteiger partial charge on any atom is 0.306 e. The molecule has 0 fully saturated rings. The van der Waals surface area contributed by atoms with Gasteiger partial charge in [0.25, 0.3) is 0 Å². The zero-order chi connectivity index (χ0) is 34.7. The molecule has 252 valence electrons. The van der Waals surface area contributed by atoms with Gasteiger partial charge in [0.1, 0.15) is 11.5 Å². The zero-order valence-corrected chi connectivity index (χ0v) is 30.5. The molecule has 0 aliphatic heterocycles. The van der Waals surface area contributed by atoms with Crippen molar-refractivity contribution in [3.63, 3.8) is 0 Å². The number of phenols is 2. The quantitative estimate of drug-likeness (QED) is 0.171. The highest BCUT2D eigenvalue weighted by atomic mass is 32.2. The molecule has 0 spiro atoms. The topological polar surface area (TPSA) is 115 Å². The Morgan fingerprint density at radius 2 is 0.800 bits per heavy atom. The van der Waals surface area contributed by atoms with Crippen molar-refractivity contribution in [2.45, 2.75) is 130 Å². The molecular weight excluding hydrogens is 584 g/mol. The molecule has 45 heavy (non-hydrogen) atoms. The van der Waals surface area contributed by atoms with Gasteiger partial charge in [-0.2, -0.15) is 11.8 Å². The van der Waals surface area contributed by atoms with Crippen LogP contribution in [0, 0.1) is 11.8 Å². The van der Waals surface area contributed by atoms with Gasteiger partial charge in [0.15, 0.2) is 0 Å². The van der Waals surface area contributed by atoms with Gasteiger partial charge in [0.2, 0.25) is 0 Å². The Morgan fingerprint density at radius 1 is 0.556 bits per heavy atom. The summed E-state index contributed by atoms with van der Waals surface area (Å²) in [6.45, 7) is 24.5. The van der Waals surface area contributed by atoms with E-state index in [2.05, 4.69) is 0 Å². The summed E-state index contributed by atoms with van der Waals surface area (Å²) in [7, 11) is 0. The van der Waals surface area contributed by atoms with Crippen molar-refractivity contribution in [2.24, 2.45) is 11.8 Å². The smallest absolute Gasteiger partial charge is 0.306 e. The molecule has 0 aliphatic carbocycles. The average Bonchev–Trinajstić information content (AvgIpc) is 2.85. The Morgan fingerprint density at radius 3 is 1.00 bits per heavy atom. The summed E-state index contributed by atoms with van der Waals surface area (Å²) in [6.07, 6.45) is 1.67. The Balaban J connectivity index is 2.14. The molecule has 0 radical (unpaired) electrons. The van der Waals surface area contributed by atoms with Crippen LogP contribution in [0.1, 0.15) is 129 Å². The van der Waals surface area contributed by atoms with Crippen molar-refractivity contribution in [1.82, 2.24) is 0 Å². The summed E-state index contributed by atoms with van der Waals surface area (Å²) in [4.78, 5) is 24.5. The molecule has 0 saturated heterocycles. The van der Waals surface area contributed by atoms with Gasteiger partial charge in [0, 0.05) is 0 Å². The van der Waals surface area contributed by atoms with E-state index in [1.165, 1.54) is 0 Å². The highest BCUT2D eigenvalue weighted by Gasteiger charge is 2.30. The lowest BCUT2D eigenvalue weighted by molar-refractivity contribution is -0.142. The molecule has 0 saturated carbocycles. The number of benzene rings is 2. The van der Waals surface area contributed by atoms with Crippen molar-refractivity contribution in [2.75, 3.05) is 11.5 Å². The maximum atomic E-state index is 12.3. The standard InChI is InChI=1S/C38H58O6S/c1-35(2,3)27-19-23(20-28(31(27)39)36(4,5)6)17-25(33(41)42)13-15-45-16-14-26(34(43)44)18-24-21-29(37(7,8)9)32(40)30(22-24)38(10,11)12/h19-22,25-26,39-40H,13-18H2,1-12H3,(H,41,42)(H,43,44). The molecule has 0 amide bonds. The highest BCUT2D eigenvalue weighted by Crippen LogP contribution is 2.42. The number of aromatic hydroxyl groups is 2. The van der Waals surface area contributed by atoms with Gasteiger partial charge in [-0.05, 0) is 92.2 Å². The van der Waals surface area contributed by atoms with Crippen molar-refractivity contribution < 1.29 is 30.0 Å². The number of carboxylic acid groups (broad SMARTS) is 2. The predicted octanol–water partition coefficient (Wildman–Crippen LogP) is 8.99. The number of rotatable bonds is 12. The maximum absolute atomic E-state index is 12.3. The number of carboxylic acids is 2. The summed E-state index contributed by atoms with van der Waals surface area (Å²) in [5, 5.41) is 42.2. The van der Waals surface area contributed by atoms with Crippen LogP contribution in [0.4, 0.5) is 0 Å². The van der Waals surface area contributed by atoms with E-state index in [4.69, 9.17) is 0 Å². The van der Waals surface area contributed by atoms with Crippen LogP contribution < -0.4 is 0 Å². The minimum absolute atomic E-state index is 0.283. The molecule has 2 unspecified atom stereocenters. The first kappa shape index (κ1) is 38.5. The number of phenolic OH excluding ortho intramolecular Hbond substituents is 2. The molecule has 2 aromatic rings. The van der Waals surface area contributed by atoms with Gasteiger partial charge in [-0.3, -0.25) is 9.59 Å². The van der Waals surface area contributed by atoms with Crippen LogP contribution in [-0.2, 0) is 44.1 Å². The number of hydrogen-bond acceptors (Lipinski definition) is 5. The van der Waals surface area contributed by atoms with Gasteiger partial charge >= 0.3 is 11.9 Å². The Kier molecular flexibility index (Phi) is 12.3. The molecule has 4 N–H and O–H groups in total. The highest BCUT2D eigenvalue weighted by molar-refractivity contribution is 7.99. The van der Waals surface area contributed by atoms with E-state index in [0.717, 1.165) is 33.4 Å². The third-order valence-electron chi connectivity index (χ3n) is 8.46. The normalized spacial score (nSPS) is 14.3. The summed E-state index contributed by atoms with van der Waals surface area (Å²) < 4.78 is 0. The number of carbonyl (C=O) groups is 2. The minimum atomic E-state index is -0.849. The first-order valence-corrected chi connectivity index (χ1v) is 17.3. The Bertz CT molecular complexity index is 1170. The summed E-state index contributed by atoms with van der Waals surface area (Å²) in [5.74, 6) is -1.07. The Hall–Kier alpha value is -2.67. The molecular formula is C38H58O6S. The molecule has 0 bridgehead atoms. The van der Waals surface area contributed by atoms with E-state index in [-0.39, 0.29) is 33.2 Å². The molecule has 7 heteroatoms. The Labute approximate surface area is 276 Å². The summed E-state index contributed by atoms with van der Waals surface area (Å²) in [5.41, 5.74) is 3.92. The SMILES string of the molecule is CC(C)(C)c1cc(CC(CCSCCC(Cc2cc(C(C)(C)C)c(O)c(C(C)(C)C)c2)C(=O)O)C(=O)O)cc(C(C)(C)C)c1O. The summed E-state index contributed by atoms with van der Waals surface area (Å²) in [6, 6.07) is 7.80. The van der Waals surface area contributed by atoms with Gasteiger partial charge < -0.3 is 20.4 Å². The van der Waals surface area contributed by atoms with Gasteiger partial charge in [-0.15, -0.1) is 0 Å². The van der Waals surface area contributed by atoms with E-state index in [0.29, 0.717) is 37.2 Å². The molecule has 0 aromatic heterocycles. The second-order valence-electron chi connectivity index (χ2n) is 16.7. The molecule has 2 rings (SSSR count). The van der Waals surface area contributed by atoms with Crippen LogP contribution in [-0.4, -0.2) is 43.9 Å². The van der Waals surface area contributed by atoms with Crippen molar-refractivity contribution in [1.29, 1.82) is 0 Å². The van der Waals surface area contributed by atoms with Crippen LogP contribution in [0.25, 0.3) is 0 Å². The van der Waals surface area contributed by atoms with Crippen molar-refractivity contribution >= 4 is 23.7 Å². The molecule has 0 aliphatic rings. The average molecular weight is 643 g/mol. The van der Waals surface area contributed by atoms with Crippen LogP contribution >= 0.6 is 11.8 Å². The van der Waals surface area contributed by atoms with E-state index in [9.17, 15) is 30.0 Å². The van der Waals surface area contributed by atoms with Crippen molar-refractivity contribution in [3.05, 3.63) is 57.6 Å². The molecule has 2 aromatic carbocycles. The van der Waals surface area contributed by atoms with Gasteiger partial charge in [-0.25, -0.2) is 0 Å². The lowest BCUT2D eigenvalue weighted by Gasteiger charge is -2.28. The van der Waals surface area contributed by atoms with E-state index in [1.807, 2.05) is 107 Å². The third-order valence-corrected chi connectivity index (χ3v) is 9.50. The number of aliphatic carboxylic acids is 2. The predicted molar refractivity (Wildman–Crippen MR) is 187 cm³/mol. The van der Waals surface area contributed by atoms with Crippen molar-refractivity contribution in [3.8, 4) is 11.5 Å². The zero-order valence-electron chi connectivity index (χ0n) is 29.7. The fourth-order valence-corrected chi connectivity index (χ4v) is 6.77. The van der Waals surface area contributed by atoms with Gasteiger partial charge in [-0.1, -0.05) is 107 Å². The van der Waals surface area contributed by atoms with Crippen LogP contribution in [0.5, 0.6) is 11.5 Å². The second-order valence-corrected chi connectivity index (χ2v) is 18.0. The molecule has 0 heterocycles. The summed E-state index contributed by atoms with van der Waals surface area (Å²) >= 11 is 1.59. The van der Waals surface area contributed by atoms with E-state index < -0.39 is 23.8 Å². The third kappa shape index (κ3) is 10.7. The molecule has 6 nitrogen and oxygen atoms in total. The lowest BCUT2D eigenvalue weighted by Crippen LogP contribution is -2.21. The largest absolute Gasteiger partial charge is 0.507 e. The van der Waals surface area contributed by atoms with Gasteiger partial charge in [0.05, 0.1) is 11.8 Å². The van der Waals surface area contributed by atoms with E-state index in [1.54, 1.807) is 11.8 Å². The first-order chi connectivity index (χ1) is 20.3. The monoisotopic (exact) mass is 642 g/mol. The second kappa shape index (κ2) is 14.4. The van der Waals surface area contributed by atoms with E-state index >= 15 is 0 Å². The van der Waals surface area contributed by atoms with Crippen LogP contribution in [0.2, 0.25) is 0 Å². The first-order valence-electron chi connectivity index (χ1n) is 16.1. The fourth-order valence-electron chi connectivity index (χ4n) is 5.66.